The monoisotopic (exact) mass is 545 g/mol. The standard InChI is InChI=1S/C27H23N5O6S/c33-26-25(17-19-7-11-22(12-8-19)38-18-20-5-9-21(10-6-20)31(34)35)39-27(28-26)30-15-13-29(14-16-30)23-3-1-2-4-24(23)32(36)37/h1-12,17H,13-16,18H2/b25-17+. The molecule has 1 amide bonds. The van der Waals surface area contributed by atoms with Crippen molar-refractivity contribution in [2.24, 2.45) is 4.99 Å². The normalized spacial score (nSPS) is 16.4. The molecule has 11 nitrogen and oxygen atoms in total. The first-order chi connectivity index (χ1) is 18.9. The van der Waals surface area contributed by atoms with Crippen LogP contribution in [0, 0.1) is 20.2 Å². The van der Waals surface area contributed by atoms with E-state index in [9.17, 15) is 25.0 Å². The molecule has 0 aliphatic carbocycles. The molecule has 1 saturated heterocycles. The molecule has 2 aliphatic rings. The second-order valence-electron chi connectivity index (χ2n) is 8.81. The topological polar surface area (TPSA) is 131 Å². The maximum Gasteiger partial charge on any atom is 0.292 e. The maximum atomic E-state index is 12.6. The van der Waals surface area contributed by atoms with Gasteiger partial charge < -0.3 is 14.5 Å². The van der Waals surface area contributed by atoms with Crippen molar-refractivity contribution in [3.8, 4) is 5.75 Å². The van der Waals surface area contributed by atoms with E-state index < -0.39 is 4.92 Å². The van der Waals surface area contributed by atoms with E-state index in [4.69, 9.17) is 4.74 Å². The lowest BCUT2D eigenvalue weighted by Crippen LogP contribution is -2.48. The molecule has 0 aromatic heterocycles. The Hall–Kier alpha value is -4.71. The van der Waals surface area contributed by atoms with Crippen LogP contribution < -0.4 is 9.64 Å². The van der Waals surface area contributed by atoms with Crippen LogP contribution in [0.3, 0.4) is 0 Å². The number of ether oxygens (including phenoxy) is 1. The lowest BCUT2D eigenvalue weighted by Gasteiger charge is -2.36. The van der Waals surface area contributed by atoms with Gasteiger partial charge in [-0.2, -0.15) is 4.99 Å². The number of amides is 1. The highest BCUT2D eigenvalue weighted by Crippen LogP contribution is 2.33. The smallest absolute Gasteiger partial charge is 0.292 e. The largest absolute Gasteiger partial charge is 0.489 e. The Bertz CT molecular complexity index is 1460. The van der Waals surface area contributed by atoms with E-state index >= 15 is 0 Å². The molecular weight excluding hydrogens is 522 g/mol. The summed E-state index contributed by atoms with van der Waals surface area (Å²) in [4.78, 5) is 42.7. The molecule has 0 N–H and O–H groups in total. The van der Waals surface area contributed by atoms with Gasteiger partial charge in [0.25, 0.3) is 17.3 Å². The Morgan fingerprint density at radius 2 is 1.54 bits per heavy atom. The number of para-hydroxylation sites is 2. The molecule has 198 valence electrons. The summed E-state index contributed by atoms with van der Waals surface area (Å²) in [7, 11) is 0. The molecule has 5 rings (SSSR count). The zero-order valence-corrected chi connectivity index (χ0v) is 21.5. The number of nitro benzene ring substituents is 2. The van der Waals surface area contributed by atoms with E-state index in [0.717, 1.165) is 11.1 Å². The first-order valence-electron chi connectivity index (χ1n) is 12.1. The second-order valence-corrected chi connectivity index (χ2v) is 9.82. The van der Waals surface area contributed by atoms with Crippen molar-refractivity contribution in [1.29, 1.82) is 0 Å². The zero-order valence-electron chi connectivity index (χ0n) is 20.6. The van der Waals surface area contributed by atoms with E-state index in [1.807, 2.05) is 21.9 Å². The molecule has 2 aliphatic heterocycles. The van der Waals surface area contributed by atoms with Gasteiger partial charge in [0.05, 0.1) is 14.8 Å². The van der Waals surface area contributed by atoms with Crippen molar-refractivity contribution in [1.82, 2.24) is 4.90 Å². The highest BCUT2D eigenvalue weighted by molar-refractivity contribution is 8.18. The van der Waals surface area contributed by atoms with Gasteiger partial charge in [-0.1, -0.05) is 24.3 Å². The number of piperazine rings is 1. The van der Waals surface area contributed by atoms with Crippen molar-refractivity contribution < 1.29 is 19.4 Å². The number of hydrogen-bond acceptors (Lipinski definition) is 9. The highest BCUT2D eigenvalue weighted by Gasteiger charge is 2.30. The number of nitrogens with zero attached hydrogens (tertiary/aromatic N) is 5. The summed E-state index contributed by atoms with van der Waals surface area (Å²) < 4.78 is 5.76. The van der Waals surface area contributed by atoms with Gasteiger partial charge in [0.1, 0.15) is 18.0 Å². The number of carbonyl (C=O) groups excluding carboxylic acids is 1. The molecule has 12 heteroatoms. The van der Waals surface area contributed by atoms with Gasteiger partial charge >= 0.3 is 0 Å². The molecule has 39 heavy (non-hydrogen) atoms. The van der Waals surface area contributed by atoms with Crippen LogP contribution in [-0.2, 0) is 11.4 Å². The summed E-state index contributed by atoms with van der Waals surface area (Å²) in [5.74, 6) is 0.337. The predicted molar refractivity (Wildman–Crippen MR) is 149 cm³/mol. The van der Waals surface area contributed by atoms with Crippen LogP contribution in [0.1, 0.15) is 11.1 Å². The average Bonchev–Trinajstić information content (AvgIpc) is 3.32. The molecule has 0 radical (unpaired) electrons. The van der Waals surface area contributed by atoms with Crippen molar-refractivity contribution in [2.45, 2.75) is 6.61 Å². The third kappa shape index (κ3) is 6.07. The third-order valence-electron chi connectivity index (χ3n) is 6.31. The van der Waals surface area contributed by atoms with E-state index in [0.29, 0.717) is 47.7 Å². The second kappa shape index (κ2) is 11.4. The number of anilines is 1. The number of rotatable bonds is 7. The molecule has 3 aromatic carbocycles. The van der Waals surface area contributed by atoms with Crippen molar-refractivity contribution in [3.05, 3.63) is 109 Å². The average molecular weight is 546 g/mol. The summed E-state index contributed by atoms with van der Waals surface area (Å²) in [6, 6.07) is 20.2. The summed E-state index contributed by atoms with van der Waals surface area (Å²) in [5, 5.41) is 22.8. The van der Waals surface area contributed by atoms with Gasteiger partial charge in [-0.15, -0.1) is 0 Å². The Morgan fingerprint density at radius 1 is 0.872 bits per heavy atom. The van der Waals surface area contributed by atoms with Gasteiger partial charge in [-0.3, -0.25) is 25.0 Å². The van der Waals surface area contributed by atoms with Crippen LogP contribution >= 0.6 is 11.8 Å². The molecular formula is C27H23N5O6S. The quantitative estimate of drug-likeness (QED) is 0.232. The molecule has 0 saturated carbocycles. The summed E-state index contributed by atoms with van der Waals surface area (Å²) in [5.41, 5.74) is 2.35. The number of carbonyl (C=O) groups is 1. The van der Waals surface area contributed by atoms with Crippen LogP contribution in [-0.4, -0.2) is 52.0 Å². The van der Waals surface area contributed by atoms with Gasteiger partial charge in [0.15, 0.2) is 5.17 Å². The fourth-order valence-corrected chi connectivity index (χ4v) is 5.21. The van der Waals surface area contributed by atoms with Crippen LogP contribution in [0.2, 0.25) is 0 Å². The first-order valence-corrected chi connectivity index (χ1v) is 12.9. The van der Waals surface area contributed by atoms with Crippen molar-refractivity contribution in [2.75, 3.05) is 31.1 Å². The summed E-state index contributed by atoms with van der Waals surface area (Å²) in [6.45, 7) is 2.63. The summed E-state index contributed by atoms with van der Waals surface area (Å²) >= 11 is 1.32. The minimum Gasteiger partial charge on any atom is -0.489 e. The number of non-ortho nitro benzene ring substituents is 1. The minimum atomic E-state index is -0.444. The Labute approximate surface area is 227 Å². The SMILES string of the molecule is O=C1N=C(N2CCN(c3ccccc3[N+](=O)[O-])CC2)S/C1=C/c1ccc(OCc2ccc([N+](=O)[O-])cc2)cc1. The molecule has 2 heterocycles. The van der Waals surface area contributed by atoms with E-state index in [-0.39, 0.29) is 28.8 Å². The lowest BCUT2D eigenvalue weighted by molar-refractivity contribution is -0.384. The molecule has 0 bridgehead atoms. The predicted octanol–water partition coefficient (Wildman–Crippen LogP) is 4.87. The molecule has 0 unspecified atom stereocenters. The number of aliphatic imine (C=N–C) groups is 1. The van der Waals surface area contributed by atoms with Crippen LogP contribution in [0.4, 0.5) is 17.1 Å². The fraction of sp³-hybridized carbons (Fsp3) is 0.185. The van der Waals surface area contributed by atoms with Crippen molar-refractivity contribution >= 4 is 46.0 Å². The number of thioether (sulfide) groups is 1. The van der Waals surface area contributed by atoms with Crippen LogP contribution in [0.5, 0.6) is 5.75 Å². The molecule has 0 spiro atoms. The van der Waals surface area contributed by atoms with Gasteiger partial charge in [-0.05, 0) is 59.3 Å². The number of hydrogen-bond donors (Lipinski definition) is 0. The lowest BCUT2D eigenvalue weighted by atomic mass is 10.2. The highest BCUT2D eigenvalue weighted by atomic mass is 32.2. The van der Waals surface area contributed by atoms with E-state index in [1.54, 1.807) is 48.5 Å². The third-order valence-corrected chi connectivity index (χ3v) is 7.35. The molecule has 0 atom stereocenters. The molecule has 1 fully saturated rings. The first kappa shape index (κ1) is 25.9. The minimum absolute atomic E-state index is 0.0309. The maximum absolute atomic E-state index is 12.6. The van der Waals surface area contributed by atoms with Crippen LogP contribution in [0.15, 0.2) is 82.7 Å². The van der Waals surface area contributed by atoms with Gasteiger partial charge in [-0.25, -0.2) is 0 Å². The number of nitro groups is 2. The van der Waals surface area contributed by atoms with E-state index in [1.165, 1.54) is 30.0 Å². The van der Waals surface area contributed by atoms with Crippen molar-refractivity contribution in [3.63, 3.8) is 0 Å². The Kier molecular flexibility index (Phi) is 7.55. The Morgan fingerprint density at radius 3 is 2.21 bits per heavy atom. The van der Waals surface area contributed by atoms with Crippen LogP contribution in [0.25, 0.3) is 6.08 Å². The number of benzene rings is 3. The van der Waals surface area contributed by atoms with E-state index in [2.05, 4.69) is 4.99 Å². The molecule has 3 aromatic rings. The zero-order chi connectivity index (χ0) is 27.4. The Balaban J connectivity index is 1.15. The fourth-order valence-electron chi connectivity index (χ4n) is 4.25. The van der Waals surface area contributed by atoms with Gasteiger partial charge in [0.2, 0.25) is 0 Å². The number of amidine groups is 1. The summed E-state index contributed by atoms with van der Waals surface area (Å²) in [6.07, 6.45) is 1.78. The van der Waals surface area contributed by atoms with Gasteiger partial charge in [0, 0.05) is 44.4 Å².